The first-order valence-electron chi connectivity index (χ1n) is 21.5. The van der Waals surface area contributed by atoms with Crippen molar-refractivity contribution in [2.24, 2.45) is 11.8 Å². The highest BCUT2D eigenvalue weighted by Gasteiger charge is 2.72. The van der Waals surface area contributed by atoms with Crippen LogP contribution >= 0.6 is 11.3 Å². The molecule has 0 unspecified atom stereocenters. The van der Waals surface area contributed by atoms with E-state index in [1.165, 1.54) is 18.3 Å². The van der Waals surface area contributed by atoms with Gasteiger partial charge in [-0.25, -0.2) is 23.7 Å². The van der Waals surface area contributed by atoms with E-state index < -0.39 is 76.9 Å². The fraction of sp³-hybridized carbons (Fsp3) is 0.292. The summed E-state index contributed by atoms with van der Waals surface area (Å²) in [5, 5.41) is 12.8. The van der Waals surface area contributed by atoms with E-state index >= 15 is 8.78 Å². The van der Waals surface area contributed by atoms with Crippen LogP contribution in [-0.2, 0) is 36.4 Å². The topological polar surface area (TPSA) is 143 Å². The molecule has 0 radical (unpaired) electrons. The summed E-state index contributed by atoms with van der Waals surface area (Å²) in [5.74, 6) is -2.87. The summed E-state index contributed by atoms with van der Waals surface area (Å²) in [6, 6.07) is 16.1. The van der Waals surface area contributed by atoms with Crippen molar-refractivity contribution < 1.29 is 40.3 Å². The Morgan fingerprint density at radius 3 is 2.51 bits per heavy atom. The first kappa shape index (κ1) is 42.7. The molecule has 2 aliphatic heterocycles. The lowest BCUT2D eigenvalue weighted by molar-refractivity contribution is -0.142. The second kappa shape index (κ2) is 15.9. The van der Waals surface area contributed by atoms with Crippen molar-refractivity contribution in [3.05, 3.63) is 140 Å². The molecule has 6 heterocycles. The highest BCUT2D eigenvalue weighted by Crippen LogP contribution is 2.71. The fourth-order valence-electron chi connectivity index (χ4n) is 9.88. The lowest BCUT2D eigenvalue weighted by Crippen LogP contribution is -2.35. The van der Waals surface area contributed by atoms with Gasteiger partial charge in [0, 0.05) is 58.5 Å². The van der Waals surface area contributed by atoms with Gasteiger partial charge in [0.05, 0.1) is 28.2 Å². The number of benzene rings is 3. The van der Waals surface area contributed by atoms with E-state index in [4.69, 9.17) is 9.97 Å². The average Bonchev–Trinajstić information content (AvgIpc) is 4.03. The molecule has 340 valence electrons. The second-order valence-corrected chi connectivity index (χ2v) is 18.4. The van der Waals surface area contributed by atoms with Crippen LogP contribution in [0.4, 0.5) is 30.7 Å². The van der Waals surface area contributed by atoms with Crippen molar-refractivity contribution in [3.8, 4) is 34.2 Å². The normalized spacial score (nSPS) is 20.5. The number of nitrogens with one attached hydrogen (secondary N) is 4. The summed E-state index contributed by atoms with van der Waals surface area (Å²) in [6.07, 6.45) is -1.40. The summed E-state index contributed by atoms with van der Waals surface area (Å²) in [6.45, 7) is 1.67. The number of aromatic amines is 1. The molecular weight excluding hydrogens is 900 g/mol. The molecule has 4 N–H and O–H groups in total. The molecule has 5 atom stereocenters. The number of H-pyrrole nitrogens is 1. The molecule has 2 fully saturated rings. The van der Waals surface area contributed by atoms with Crippen molar-refractivity contribution in [2.45, 2.75) is 69.4 Å². The quantitative estimate of drug-likeness (QED) is 0.0837. The van der Waals surface area contributed by atoms with Crippen LogP contribution < -0.4 is 16.0 Å². The Morgan fingerprint density at radius 1 is 0.985 bits per heavy atom. The Balaban J connectivity index is 0.960. The average molecular weight is 936 g/mol. The van der Waals surface area contributed by atoms with Gasteiger partial charge in [-0.3, -0.25) is 14.3 Å². The van der Waals surface area contributed by atoms with Crippen LogP contribution in [0.5, 0.6) is 0 Å². The highest BCUT2D eigenvalue weighted by atomic mass is 32.1. The van der Waals surface area contributed by atoms with E-state index in [0.717, 1.165) is 54.2 Å². The number of carbonyl (C=O) groups is 2. The molecule has 67 heavy (non-hydrogen) atoms. The van der Waals surface area contributed by atoms with Crippen molar-refractivity contribution in [1.29, 1.82) is 0 Å². The number of imidazole rings is 1. The number of aromatic nitrogens is 6. The molecule has 2 aliphatic carbocycles. The smallest absolute Gasteiger partial charge is 0.348 e. The fourth-order valence-corrected chi connectivity index (χ4v) is 10.7. The molecule has 1 saturated heterocycles. The number of nitrogens with zero attached hydrogens (tertiary/aromatic N) is 5. The van der Waals surface area contributed by atoms with Gasteiger partial charge in [-0.1, -0.05) is 37.1 Å². The van der Waals surface area contributed by atoms with Crippen molar-refractivity contribution in [3.63, 3.8) is 0 Å². The SMILES string of the molecule is C[C@@H]1[C@@H]2c3c(C(F)(F)F)nn(CC(=O)N[C@@H](Cc4cc(F)cc(F)c4)c4nc5nc(C#Cc6ccc(-c7c[nH]c([C@@H]8CCCN8)n7)cc6)sc5cc4-c4ccc5c(c4)C(=O)NC5)c3C(F)(F)[C@H]12. The lowest BCUT2D eigenvalue weighted by atomic mass is 9.93. The van der Waals surface area contributed by atoms with E-state index in [1.807, 2.05) is 30.5 Å². The van der Waals surface area contributed by atoms with E-state index in [2.05, 4.69) is 42.9 Å². The third-order valence-electron chi connectivity index (χ3n) is 13.0. The van der Waals surface area contributed by atoms with Gasteiger partial charge in [0.1, 0.15) is 29.7 Å². The Labute approximate surface area is 380 Å². The molecule has 7 aromatic rings. The number of alkyl halides is 5. The summed E-state index contributed by atoms with van der Waals surface area (Å²) in [7, 11) is 0. The number of hydrogen-bond acceptors (Lipinski definition) is 8. The number of carbonyl (C=O) groups excluding carboxylic acids is 2. The Hall–Kier alpha value is -6.91. The Bertz CT molecular complexity index is 3210. The molecule has 1 saturated carbocycles. The van der Waals surface area contributed by atoms with Crippen LogP contribution in [0.25, 0.3) is 32.7 Å². The van der Waals surface area contributed by atoms with Gasteiger partial charge in [-0.05, 0) is 90.7 Å². The van der Waals surface area contributed by atoms with Gasteiger partial charge in [-0.2, -0.15) is 27.1 Å². The van der Waals surface area contributed by atoms with Gasteiger partial charge < -0.3 is 20.9 Å². The summed E-state index contributed by atoms with van der Waals surface area (Å²) >= 11 is 1.22. The van der Waals surface area contributed by atoms with Gasteiger partial charge in [0.15, 0.2) is 16.3 Å². The Kier molecular flexibility index (Phi) is 10.1. The van der Waals surface area contributed by atoms with Crippen LogP contribution in [0.15, 0.2) is 72.9 Å². The molecule has 2 amide bonds. The first-order chi connectivity index (χ1) is 32.1. The van der Waals surface area contributed by atoms with Crippen LogP contribution in [0.1, 0.15) is 98.3 Å². The third-order valence-corrected chi connectivity index (χ3v) is 13.9. The zero-order valence-electron chi connectivity index (χ0n) is 35.2. The molecule has 3 aromatic carbocycles. The summed E-state index contributed by atoms with van der Waals surface area (Å²) in [5.41, 5.74) is 1.71. The van der Waals surface area contributed by atoms with Gasteiger partial charge in [0.25, 0.3) is 11.8 Å². The summed E-state index contributed by atoms with van der Waals surface area (Å²) < 4.78 is 105. The molecule has 0 spiro atoms. The number of fused-ring (bicyclic) bond motifs is 5. The maximum atomic E-state index is 15.7. The summed E-state index contributed by atoms with van der Waals surface area (Å²) in [4.78, 5) is 44.5. The molecule has 19 heteroatoms. The van der Waals surface area contributed by atoms with E-state index in [9.17, 15) is 31.5 Å². The monoisotopic (exact) mass is 935 g/mol. The molecule has 0 bridgehead atoms. The highest BCUT2D eigenvalue weighted by molar-refractivity contribution is 7.19. The standard InChI is InChI=1S/C48H36F7N9O2S/c1-22-38-39-42(48(53,54)55)63-64(43(39)47(51,52)40(22)38)21-36(65)59-33(15-24-13-28(49)17-29(50)14-24)41-30(26-9-10-27-19-58-46(66)31(27)16-26)18-35-45(62-41)61-37(67-35)11-6-23-4-7-25(8-5-23)34-20-57-44(60-34)32-3-2-12-56-32/h4-5,7-10,13-14,16-18,20,22,32-33,38,40,56H,2-3,12,15,19,21H2,1H3,(H,57,60)(H,58,66)(H,59,65)/t22-,32+,33+,38-,40-/m1/s1. The van der Waals surface area contributed by atoms with E-state index in [0.29, 0.717) is 49.3 Å². The van der Waals surface area contributed by atoms with E-state index in [1.54, 1.807) is 24.3 Å². The molecule has 11 rings (SSSR count). The van der Waals surface area contributed by atoms with Gasteiger partial charge in [0.2, 0.25) is 5.91 Å². The maximum Gasteiger partial charge on any atom is 0.435 e. The molecule has 11 nitrogen and oxygen atoms in total. The van der Waals surface area contributed by atoms with Crippen molar-refractivity contribution in [1.82, 2.24) is 45.7 Å². The van der Waals surface area contributed by atoms with Crippen LogP contribution in [-0.4, -0.2) is 48.1 Å². The number of pyridine rings is 1. The minimum atomic E-state index is -5.07. The van der Waals surface area contributed by atoms with E-state index in [-0.39, 0.29) is 35.3 Å². The molecule has 4 aliphatic rings. The predicted molar refractivity (Wildman–Crippen MR) is 231 cm³/mol. The largest absolute Gasteiger partial charge is 0.435 e. The molecule has 4 aromatic heterocycles. The number of amides is 2. The predicted octanol–water partition coefficient (Wildman–Crippen LogP) is 8.86. The van der Waals surface area contributed by atoms with Crippen LogP contribution in [0.3, 0.4) is 0 Å². The second-order valence-electron chi connectivity index (χ2n) is 17.4. The lowest BCUT2D eigenvalue weighted by Gasteiger charge is -2.23. The minimum absolute atomic E-state index is 0.0679. The minimum Gasteiger partial charge on any atom is -0.348 e. The molecular formula is C48H36F7N9O2S. The van der Waals surface area contributed by atoms with Crippen LogP contribution in [0.2, 0.25) is 0 Å². The van der Waals surface area contributed by atoms with Crippen LogP contribution in [0, 0.1) is 35.3 Å². The number of thiazole rings is 1. The number of halogens is 7. The zero-order valence-corrected chi connectivity index (χ0v) is 36.0. The van der Waals surface area contributed by atoms with Crippen molar-refractivity contribution >= 4 is 33.5 Å². The number of hydrogen-bond donors (Lipinski definition) is 4. The zero-order chi connectivity index (χ0) is 46.5. The maximum absolute atomic E-state index is 15.7. The van der Waals surface area contributed by atoms with Gasteiger partial charge in [-0.15, -0.1) is 11.3 Å². The Morgan fingerprint density at radius 2 is 1.76 bits per heavy atom. The van der Waals surface area contributed by atoms with Crippen molar-refractivity contribution in [2.75, 3.05) is 6.54 Å². The first-order valence-corrected chi connectivity index (χ1v) is 22.4. The van der Waals surface area contributed by atoms with Gasteiger partial charge >= 0.3 is 6.18 Å². The number of rotatable bonds is 9. The third kappa shape index (κ3) is 7.71.